The molecule has 1 fully saturated rings. The summed E-state index contributed by atoms with van der Waals surface area (Å²) in [6.45, 7) is 4.67. The Morgan fingerprint density at radius 3 is 3.00 bits per heavy atom. The standard InChI is InChI=1S/C14H19N3/c1-11(12-5-7-15-8-6-12)13-10-16-17-9-3-2-4-14(13)17/h2-4,9-12,15H,5-8H2,1H3. The second-order valence-electron chi connectivity index (χ2n) is 5.01. The van der Waals surface area contributed by atoms with Gasteiger partial charge in [-0.15, -0.1) is 0 Å². The van der Waals surface area contributed by atoms with Gasteiger partial charge in [0, 0.05) is 11.8 Å². The summed E-state index contributed by atoms with van der Waals surface area (Å²) >= 11 is 0. The van der Waals surface area contributed by atoms with Crippen LogP contribution >= 0.6 is 0 Å². The van der Waals surface area contributed by atoms with Gasteiger partial charge in [0.25, 0.3) is 0 Å². The molecule has 1 atom stereocenters. The minimum atomic E-state index is 0.608. The molecule has 0 radical (unpaired) electrons. The van der Waals surface area contributed by atoms with Gasteiger partial charge in [0.15, 0.2) is 0 Å². The van der Waals surface area contributed by atoms with E-state index in [1.807, 2.05) is 23.0 Å². The molecule has 2 aromatic rings. The van der Waals surface area contributed by atoms with Crippen molar-refractivity contribution in [2.24, 2.45) is 5.92 Å². The monoisotopic (exact) mass is 229 g/mol. The molecule has 0 amide bonds. The van der Waals surface area contributed by atoms with E-state index in [-0.39, 0.29) is 0 Å². The number of nitrogens with one attached hydrogen (secondary N) is 1. The fourth-order valence-electron chi connectivity index (χ4n) is 2.90. The van der Waals surface area contributed by atoms with E-state index in [2.05, 4.69) is 29.5 Å². The molecule has 3 rings (SSSR count). The van der Waals surface area contributed by atoms with Crippen LogP contribution in [-0.4, -0.2) is 22.7 Å². The predicted octanol–water partition coefficient (Wildman–Crippen LogP) is 2.44. The molecule has 1 unspecified atom stereocenters. The molecule has 90 valence electrons. The highest BCUT2D eigenvalue weighted by Crippen LogP contribution is 2.32. The Morgan fingerprint density at radius 2 is 2.18 bits per heavy atom. The molecule has 1 saturated heterocycles. The summed E-state index contributed by atoms with van der Waals surface area (Å²) in [5.41, 5.74) is 2.66. The van der Waals surface area contributed by atoms with E-state index in [0.29, 0.717) is 5.92 Å². The molecule has 17 heavy (non-hydrogen) atoms. The Morgan fingerprint density at radius 1 is 1.35 bits per heavy atom. The number of piperidine rings is 1. The van der Waals surface area contributed by atoms with Gasteiger partial charge in [0.2, 0.25) is 0 Å². The molecule has 1 aliphatic heterocycles. The topological polar surface area (TPSA) is 29.3 Å². The van der Waals surface area contributed by atoms with Gasteiger partial charge in [-0.3, -0.25) is 0 Å². The molecule has 3 nitrogen and oxygen atoms in total. The highest BCUT2D eigenvalue weighted by molar-refractivity contribution is 5.55. The predicted molar refractivity (Wildman–Crippen MR) is 69.2 cm³/mol. The van der Waals surface area contributed by atoms with Crippen LogP contribution in [-0.2, 0) is 0 Å². The molecular formula is C14H19N3. The van der Waals surface area contributed by atoms with Crippen LogP contribution in [0, 0.1) is 5.92 Å². The molecule has 1 aliphatic rings. The van der Waals surface area contributed by atoms with E-state index in [4.69, 9.17) is 0 Å². The summed E-state index contributed by atoms with van der Waals surface area (Å²) in [7, 11) is 0. The number of pyridine rings is 1. The van der Waals surface area contributed by atoms with E-state index >= 15 is 0 Å². The minimum absolute atomic E-state index is 0.608. The van der Waals surface area contributed by atoms with E-state index in [9.17, 15) is 0 Å². The molecular weight excluding hydrogens is 210 g/mol. The van der Waals surface area contributed by atoms with E-state index in [0.717, 1.165) is 19.0 Å². The van der Waals surface area contributed by atoms with Crippen LogP contribution < -0.4 is 5.32 Å². The summed E-state index contributed by atoms with van der Waals surface area (Å²) in [6.07, 6.45) is 6.63. The molecule has 3 heteroatoms. The fraction of sp³-hybridized carbons (Fsp3) is 0.500. The summed E-state index contributed by atoms with van der Waals surface area (Å²) in [5.74, 6) is 1.40. The molecule has 0 bridgehead atoms. The zero-order valence-electron chi connectivity index (χ0n) is 10.3. The molecule has 1 N–H and O–H groups in total. The molecule has 0 spiro atoms. The van der Waals surface area contributed by atoms with Gasteiger partial charge in [0.1, 0.15) is 0 Å². The van der Waals surface area contributed by atoms with Crippen molar-refractivity contribution in [2.45, 2.75) is 25.7 Å². The Bertz CT molecular complexity index is 497. The van der Waals surface area contributed by atoms with Crippen LogP contribution in [0.25, 0.3) is 5.52 Å². The zero-order chi connectivity index (χ0) is 11.7. The van der Waals surface area contributed by atoms with Gasteiger partial charge >= 0.3 is 0 Å². The fourth-order valence-corrected chi connectivity index (χ4v) is 2.90. The highest BCUT2D eigenvalue weighted by Gasteiger charge is 2.23. The lowest BCUT2D eigenvalue weighted by atomic mass is 9.82. The smallest absolute Gasteiger partial charge is 0.0696 e. The van der Waals surface area contributed by atoms with Crippen molar-refractivity contribution in [3.63, 3.8) is 0 Å². The maximum Gasteiger partial charge on any atom is 0.0696 e. The van der Waals surface area contributed by atoms with Crippen molar-refractivity contribution >= 4 is 5.52 Å². The normalized spacial score (nSPS) is 19.6. The van der Waals surface area contributed by atoms with Crippen molar-refractivity contribution < 1.29 is 0 Å². The average molecular weight is 229 g/mol. The van der Waals surface area contributed by atoms with E-state index < -0.39 is 0 Å². The summed E-state index contributed by atoms with van der Waals surface area (Å²) in [5, 5.41) is 7.87. The van der Waals surface area contributed by atoms with Gasteiger partial charge in [-0.25, -0.2) is 4.52 Å². The second-order valence-corrected chi connectivity index (χ2v) is 5.01. The largest absolute Gasteiger partial charge is 0.317 e. The van der Waals surface area contributed by atoms with E-state index in [1.165, 1.54) is 23.9 Å². The van der Waals surface area contributed by atoms with Crippen LogP contribution in [0.2, 0.25) is 0 Å². The van der Waals surface area contributed by atoms with Crippen LogP contribution in [0.4, 0.5) is 0 Å². The van der Waals surface area contributed by atoms with Crippen LogP contribution in [0.15, 0.2) is 30.6 Å². The quantitative estimate of drug-likeness (QED) is 0.857. The Kier molecular flexibility index (Phi) is 2.85. The molecule has 3 heterocycles. The van der Waals surface area contributed by atoms with Crippen LogP contribution in [0.3, 0.4) is 0 Å². The first-order valence-corrected chi connectivity index (χ1v) is 6.49. The van der Waals surface area contributed by atoms with Gasteiger partial charge in [-0.1, -0.05) is 13.0 Å². The third-order valence-electron chi connectivity index (χ3n) is 4.04. The minimum Gasteiger partial charge on any atom is -0.317 e. The van der Waals surface area contributed by atoms with Crippen molar-refractivity contribution in [3.8, 4) is 0 Å². The summed E-state index contributed by atoms with van der Waals surface area (Å²) in [6, 6.07) is 6.29. The lowest BCUT2D eigenvalue weighted by molar-refractivity contribution is 0.331. The Balaban J connectivity index is 1.92. The lowest BCUT2D eigenvalue weighted by Gasteiger charge is -2.27. The number of hydrogen-bond donors (Lipinski definition) is 1. The van der Waals surface area contributed by atoms with E-state index in [1.54, 1.807) is 0 Å². The van der Waals surface area contributed by atoms with Gasteiger partial charge in [-0.05, 0) is 49.9 Å². The first kappa shape index (κ1) is 10.8. The van der Waals surface area contributed by atoms with Gasteiger partial charge in [-0.2, -0.15) is 5.10 Å². The molecule has 0 aliphatic carbocycles. The van der Waals surface area contributed by atoms with Gasteiger partial charge < -0.3 is 5.32 Å². The number of aromatic nitrogens is 2. The van der Waals surface area contributed by atoms with Crippen molar-refractivity contribution in [1.82, 2.24) is 14.9 Å². The highest BCUT2D eigenvalue weighted by atomic mass is 15.2. The average Bonchev–Trinajstić information content (AvgIpc) is 2.83. The summed E-state index contributed by atoms with van der Waals surface area (Å²) < 4.78 is 1.98. The maximum atomic E-state index is 4.44. The number of fused-ring (bicyclic) bond motifs is 1. The van der Waals surface area contributed by atoms with Crippen LogP contribution in [0.5, 0.6) is 0 Å². The Labute approximate surface area is 102 Å². The number of hydrogen-bond acceptors (Lipinski definition) is 2. The SMILES string of the molecule is CC(c1cnn2ccccc12)C1CCNCC1. The van der Waals surface area contributed by atoms with Crippen molar-refractivity contribution in [3.05, 3.63) is 36.2 Å². The number of nitrogens with zero attached hydrogens (tertiary/aromatic N) is 2. The first-order chi connectivity index (χ1) is 8.36. The maximum absolute atomic E-state index is 4.44. The molecule has 0 aromatic carbocycles. The van der Waals surface area contributed by atoms with Crippen molar-refractivity contribution in [2.75, 3.05) is 13.1 Å². The second kappa shape index (κ2) is 4.49. The number of rotatable bonds is 2. The molecule has 2 aromatic heterocycles. The third kappa shape index (κ3) is 1.95. The first-order valence-electron chi connectivity index (χ1n) is 6.49. The van der Waals surface area contributed by atoms with Crippen molar-refractivity contribution in [1.29, 1.82) is 0 Å². The van der Waals surface area contributed by atoms with Crippen LogP contribution in [0.1, 0.15) is 31.2 Å². The lowest BCUT2D eigenvalue weighted by Crippen LogP contribution is -2.30. The summed E-state index contributed by atoms with van der Waals surface area (Å²) in [4.78, 5) is 0. The van der Waals surface area contributed by atoms with Gasteiger partial charge in [0.05, 0.1) is 11.7 Å². The Hall–Kier alpha value is -1.35. The molecule has 0 saturated carbocycles. The zero-order valence-corrected chi connectivity index (χ0v) is 10.3. The third-order valence-corrected chi connectivity index (χ3v) is 4.04.